The quantitative estimate of drug-likeness (QED) is 0.797. The maximum Gasteiger partial charge on any atom is 0.309 e. The number of aromatic nitrogens is 1. The summed E-state index contributed by atoms with van der Waals surface area (Å²) in [5, 5.41) is 9.48. The lowest BCUT2D eigenvalue weighted by Crippen LogP contribution is -2.52. The van der Waals surface area contributed by atoms with Crippen LogP contribution in [0.1, 0.15) is 48.9 Å². The fourth-order valence-corrected chi connectivity index (χ4v) is 4.26. The van der Waals surface area contributed by atoms with Crippen LogP contribution in [0.25, 0.3) is 11.1 Å². The number of halogens is 1. The van der Waals surface area contributed by atoms with E-state index in [1.165, 1.54) is 12.1 Å². The average molecular weight is 369 g/mol. The lowest BCUT2D eigenvalue weighted by atomic mass is 9.58. The molecule has 3 fully saturated rings. The molecule has 0 saturated heterocycles. The number of carbonyl (C=O) groups excluding carboxylic acids is 1. The highest BCUT2D eigenvalue weighted by molar-refractivity contribution is 5.77. The molecule has 6 heteroatoms. The summed E-state index contributed by atoms with van der Waals surface area (Å²) in [6.45, 7) is 0. The number of carboxylic acids is 1. The first-order valence-electron chi connectivity index (χ1n) is 9.09. The van der Waals surface area contributed by atoms with Crippen LogP contribution < -0.4 is 4.74 Å². The predicted octanol–water partition coefficient (Wildman–Crippen LogP) is 4.26. The molecule has 3 aliphatic carbocycles. The van der Waals surface area contributed by atoms with Gasteiger partial charge in [-0.25, -0.2) is 9.37 Å². The van der Waals surface area contributed by atoms with Crippen molar-refractivity contribution in [3.8, 4) is 17.0 Å². The van der Waals surface area contributed by atoms with Gasteiger partial charge in [-0.15, -0.1) is 0 Å². The first-order chi connectivity index (χ1) is 13.0. The van der Waals surface area contributed by atoms with Crippen LogP contribution in [0.15, 0.2) is 36.5 Å². The summed E-state index contributed by atoms with van der Waals surface area (Å²) in [4.78, 5) is 26.6. The molecule has 3 saturated carbocycles. The second-order valence-electron chi connectivity index (χ2n) is 7.61. The van der Waals surface area contributed by atoms with E-state index < -0.39 is 17.2 Å². The largest absolute Gasteiger partial charge is 0.481 e. The molecule has 5 nitrogen and oxygen atoms in total. The number of aliphatic carboxylic acids is 1. The van der Waals surface area contributed by atoms with Gasteiger partial charge in [-0.3, -0.25) is 9.59 Å². The van der Waals surface area contributed by atoms with E-state index in [0.717, 1.165) is 24.8 Å². The van der Waals surface area contributed by atoms with Gasteiger partial charge in [-0.1, -0.05) is 6.07 Å². The summed E-state index contributed by atoms with van der Waals surface area (Å²) in [6.07, 6.45) is 6.20. The third kappa shape index (κ3) is 3.09. The van der Waals surface area contributed by atoms with Crippen molar-refractivity contribution >= 4 is 12.3 Å². The van der Waals surface area contributed by atoms with Gasteiger partial charge in [-0.2, -0.15) is 0 Å². The lowest BCUT2D eigenvalue weighted by molar-refractivity contribution is -0.162. The number of carboxylic acid groups (broad SMARTS) is 1. The van der Waals surface area contributed by atoms with Gasteiger partial charge in [0.2, 0.25) is 5.88 Å². The van der Waals surface area contributed by atoms with E-state index in [1.807, 2.05) is 6.07 Å². The minimum absolute atomic E-state index is 0.0257. The number of pyridine rings is 1. The molecule has 27 heavy (non-hydrogen) atoms. The highest BCUT2D eigenvalue weighted by Gasteiger charge is 2.54. The maximum atomic E-state index is 13.8. The maximum absolute atomic E-state index is 13.8. The van der Waals surface area contributed by atoms with Gasteiger partial charge in [0.05, 0.1) is 11.0 Å². The zero-order valence-electron chi connectivity index (χ0n) is 14.8. The molecule has 1 aromatic carbocycles. The molecule has 1 N–H and O–H groups in total. The Morgan fingerprint density at radius 1 is 1.07 bits per heavy atom. The smallest absolute Gasteiger partial charge is 0.309 e. The van der Waals surface area contributed by atoms with Crippen molar-refractivity contribution in [2.75, 3.05) is 0 Å². The number of benzene rings is 1. The van der Waals surface area contributed by atoms with Crippen LogP contribution in [-0.4, -0.2) is 27.9 Å². The molecular formula is C21H20FNO4. The zero-order valence-corrected chi connectivity index (χ0v) is 14.8. The molecule has 1 heterocycles. The second-order valence-corrected chi connectivity index (χ2v) is 7.61. The molecule has 0 unspecified atom stereocenters. The minimum atomic E-state index is -0.689. The Morgan fingerprint density at radius 3 is 2.26 bits per heavy atom. The summed E-state index contributed by atoms with van der Waals surface area (Å²) >= 11 is 0. The van der Waals surface area contributed by atoms with Crippen molar-refractivity contribution in [3.63, 3.8) is 0 Å². The lowest BCUT2D eigenvalue weighted by Gasteiger charge is -2.50. The normalized spacial score (nSPS) is 26.6. The van der Waals surface area contributed by atoms with Gasteiger partial charge < -0.3 is 9.84 Å². The fourth-order valence-electron chi connectivity index (χ4n) is 4.26. The van der Waals surface area contributed by atoms with Crippen LogP contribution in [0.2, 0.25) is 0 Å². The van der Waals surface area contributed by atoms with Crippen LogP contribution in [0.4, 0.5) is 4.39 Å². The average Bonchev–Trinajstić information content (AvgIpc) is 2.69. The van der Waals surface area contributed by atoms with E-state index in [0.29, 0.717) is 37.0 Å². The topological polar surface area (TPSA) is 76.5 Å². The van der Waals surface area contributed by atoms with E-state index in [9.17, 15) is 19.1 Å². The van der Waals surface area contributed by atoms with Crippen molar-refractivity contribution in [2.45, 2.75) is 44.1 Å². The number of hydrogen-bond acceptors (Lipinski definition) is 4. The number of ether oxygens (including phenoxy) is 1. The van der Waals surface area contributed by atoms with Crippen molar-refractivity contribution in [3.05, 3.63) is 47.9 Å². The van der Waals surface area contributed by atoms with Crippen molar-refractivity contribution in [1.82, 2.24) is 4.98 Å². The summed E-state index contributed by atoms with van der Waals surface area (Å²) in [7, 11) is 0. The van der Waals surface area contributed by atoms with Gasteiger partial charge in [0, 0.05) is 17.8 Å². The molecule has 2 bridgehead atoms. The van der Waals surface area contributed by atoms with Crippen molar-refractivity contribution in [1.29, 1.82) is 0 Å². The SMILES string of the molecule is O=Cc1ccc(-c2ccc(OC34CCC(C(=O)O)(CC3)CC4)nc2)cc1F. The Labute approximate surface area is 156 Å². The third-order valence-electron chi connectivity index (χ3n) is 6.15. The first kappa shape index (κ1) is 17.6. The van der Waals surface area contributed by atoms with E-state index in [2.05, 4.69) is 4.98 Å². The van der Waals surface area contributed by atoms with E-state index >= 15 is 0 Å². The van der Waals surface area contributed by atoms with Gasteiger partial charge >= 0.3 is 5.97 Å². The molecule has 2 aromatic rings. The number of aldehydes is 1. The molecule has 5 rings (SSSR count). The Morgan fingerprint density at radius 2 is 1.74 bits per heavy atom. The van der Waals surface area contributed by atoms with Crippen LogP contribution in [-0.2, 0) is 4.79 Å². The summed E-state index contributed by atoms with van der Waals surface area (Å²) in [6, 6.07) is 8.00. The number of carbonyl (C=O) groups is 2. The molecule has 0 aliphatic heterocycles. The van der Waals surface area contributed by atoms with E-state index in [4.69, 9.17) is 4.74 Å². The predicted molar refractivity (Wildman–Crippen MR) is 96.1 cm³/mol. The highest BCUT2D eigenvalue weighted by atomic mass is 19.1. The fraction of sp³-hybridized carbons (Fsp3) is 0.381. The molecule has 140 valence electrons. The Bertz CT molecular complexity index is 869. The first-order valence-corrected chi connectivity index (χ1v) is 9.09. The molecule has 3 aliphatic rings. The number of rotatable bonds is 5. The Kier molecular flexibility index (Phi) is 4.21. The van der Waals surface area contributed by atoms with Gasteiger partial charge in [-0.05, 0) is 62.3 Å². The second kappa shape index (κ2) is 6.44. The molecule has 0 atom stereocenters. The summed E-state index contributed by atoms with van der Waals surface area (Å²) in [5.74, 6) is -0.757. The van der Waals surface area contributed by atoms with E-state index in [-0.39, 0.29) is 11.2 Å². The van der Waals surface area contributed by atoms with Gasteiger partial charge in [0.15, 0.2) is 6.29 Å². The van der Waals surface area contributed by atoms with Crippen LogP contribution in [0, 0.1) is 11.2 Å². The Hall–Kier alpha value is -2.76. The number of nitrogens with zero attached hydrogens (tertiary/aromatic N) is 1. The Balaban J connectivity index is 1.48. The van der Waals surface area contributed by atoms with Gasteiger partial charge in [0.1, 0.15) is 11.4 Å². The van der Waals surface area contributed by atoms with Crippen LogP contribution >= 0.6 is 0 Å². The molecule has 0 radical (unpaired) electrons. The molecule has 1 aromatic heterocycles. The summed E-state index contributed by atoms with van der Waals surface area (Å²) in [5.41, 5.74) is 0.493. The number of hydrogen-bond donors (Lipinski definition) is 1. The monoisotopic (exact) mass is 369 g/mol. The van der Waals surface area contributed by atoms with Crippen molar-refractivity contribution in [2.24, 2.45) is 5.41 Å². The van der Waals surface area contributed by atoms with Crippen LogP contribution in [0.5, 0.6) is 5.88 Å². The standard InChI is InChI=1S/C21H20FNO4/c22-17-11-14(1-2-16(17)13-24)15-3-4-18(23-12-15)27-21-8-5-20(6-9-21,7-10-21)19(25)26/h1-4,11-13H,5-10H2,(H,25,26). The highest BCUT2D eigenvalue weighted by Crippen LogP contribution is 2.53. The molecule has 0 amide bonds. The minimum Gasteiger partial charge on any atom is -0.481 e. The molecular weight excluding hydrogens is 349 g/mol. The molecule has 0 spiro atoms. The van der Waals surface area contributed by atoms with Gasteiger partial charge in [0.25, 0.3) is 0 Å². The van der Waals surface area contributed by atoms with E-state index in [1.54, 1.807) is 18.3 Å². The zero-order chi connectivity index (χ0) is 19.1. The summed E-state index contributed by atoms with van der Waals surface area (Å²) < 4.78 is 20.0. The third-order valence-corrected chi connectivity index (χ3v) is 6.15. The van der Waals surface area contributed by atoms with Crippen molar-refractivity contribution < 1.29 is 23.8 Å². The van der Waals surface area contributed by atoms with Crippen LogP contribution in [0.3, 0.4) is 0 Å². The number of fused-ring (bicyclic) bond motifs is 3.